The molecule has 0 amide bonds. The fourth-order valence-electron chi connectivity index (χ4n) is 16.2. The molecule has 0 fully saturated rings. The van der Waals surface area contributed by atoms with E-state index in [1.54, 1.807) is 0 Å². The summed E-state index contributed by atoms with van der Waals surface area (Å²) in [6.07, 6.45) is 0. The first-order valence-corrected chi connectivity index (χ1v) is 31.0. The molecule has 0 aromatic heterocycles. The molecule has 0 atom stereocenters. The first-order valence-electron chi connectivity index (χ1n) is 31.0. The van der Waals surface area contributed by atoms with Crippen molar-refractivity contribution >= 4 is 64.6 Å². The highest BCUT2D eigenvalue weighted by Gasteiger charge is 2.42. The zero-order valence-electron chi connectivity index (χ0n) is 50.1. The Kier molecular flexibility index (Phi) is 11.2. The minimum Gasteiger partial charge on any atom is -0.0622 e. The van der Waals surface area contributed by atoms with Crippen LogP contribution in [0.2, 0.25) is 0 Å². The van der Waals surface area contributed by atoms with Crippen LogP contribution in [0.15, 0.2) is 279 Å². The van der Waals surface area contributed by atoms with Gasteiger partial charge in [0, 0.05) is 16.2 Å². The second-order valence-electron chi connectivity index (χ2n) is 26.2. The maximum absolute atomic E-state index is 2.53. The Morgan fingerprint density at radius 1 is 0.172 bits per heavy atom. The first kappa shape index (κ1) is 51.3. The smallest absolute Gasteiger partial charge is 0.0159 e. The van der Waals surface area contributed by atoms with Crippen molar-refractivity contribution in [2.24, 2.45) is 0 Å². The van der Waals surface area contributed by atoms with Gasteiger partial charge in [0.05, 0.1) is 0 Å². The van der Waals surface area contributed by atoms with Crippen LogP contribution in [0.1, 0.15) is 74.9 Å². The van der Waals surface area contributed by atoms with Crippen LogP contribution in [0, 0.1) is 0 Å². The van der Waals surface area contributed by atoms with Crippen LogP contribution in [0.5, 0.6) is 0 Å². The van der Waals surface area contributed by atoms with Crippen LogP contribution in [-0.2, 0) is 16.2 Å². The zero-order chi connectivity index (χ0) is 58.5. The molecule has 0 saturated heterocycles. The van der Waals surface area contributed by atoms with Crippen molar-refractivity contribution in [3.05, 3.63) is 312 Å². The van der Waals surface area contributed by atoms with Crippen LogP contribution in [0.25, 0.3) is 143 Å². The molecule has 0 nitrogen and oxygen atoms in total. The molecule has 87 heavy (non-hydrogen) atoms. The fourth-order valence-corrected chi connectivity index (χ4v) is 16.2. The van der Waals surface area contributed by atoms with Gasteiger partial charge in [-0.2, -0.15) is 0 Å². The van der Waals surface area contributed by atoms with Crippen molar-refractivity contribution in [2.75, 3.05) is 0 Å². The molecule has 3 aliphatic carbocycles. The molecule has 0 radical (unpaired) electrons. The molecule has 0 spiro atoms. The summed E-state index contributed by atoms with van der Waals surface area (Å²) in [4.78, 5) is 0. The standard InChI is InChI=1S/C44H34.C43H30/c1-43(2)37-21-13-12-16-29(37)35-25-36-34-24-28(22-23-38(34)44(3,4)40(36)26-39(35)43)42-32-19-10-8-17-30(32)41(27-14-6-5-7-15-27)31-18-9-11-20-33(31)42;1-43(2)39-23-22-30(25-37(39)38-24-29-21-20-27-12-6-7-15-31(27)36(29)26-40(38)43)42-34-18-10-8-16-32(34)41(28-13-4-3-5-14-28)33-17-9-11-19-35(33)42/h5-26H,1-4H3;3-26H,1-2H3. The monoisotopic (exact) mass is 1110 g/mol. The lowest BCUT2D eigenvalue weighted by atomic mass is 9.77. The zero-order valence-corrected chi connectivity index (χ0v) is 50.1. The largest absolute Gasteiger partial charge is 0.0622 e. The predicted molar refractivity (Wildman–Crippen MR) is 372 cm³/mol. The highest BCUT2D eigenvalue weighted by molar-refractivity contribution is 6.23. The van der Waals surface area contributed by atoms with E-state index in [9.17, 15) is 0 Å². The lowest BCUT2D eigenvalue weighted by molar-refractivity contribution is 0.639. The number of benzene rings is 15. The molecule has 15 aromatic rings. The SMILES string of the molecule is CC1(C)c2ccc(-c3c4ccccc4c(-c4ccccc4)c4ccccc34)cc2-c2cc3ccc4ccccc4c3cc21.CC1(C)c2ccccc2-c2cc3c(cc21)C(C)(C)c1ccc(-c2c4ccccc4c(-c4ccccc4)c4ccccc24)cc1-3. The minimum atomic E-state index is -0.0738. The van der Waals surface area contributed by atoms with Gasteiger partial charge in [0.25, 0.3) is 0 Å². The molecule has 0 bridgehead atoms. The van der Waals surface area contributed by atoms with Crippen molar-refractivity contribution in [3.8, 4) is 77.9 Å². The third-order valence-corrected chi connectivity index (χ3v) is 20.5. The van der Waals surface area contributed by atoms with Crippen molar-refractivity contribution < 1.29 is 0 Å². The van der Waals surface area contributed by atoms with Gasteiger partial charge in [-0.3, -0.25) is 0 Å². The molecule has 0 N–H and O–H groups in total. The van der Waals surface area contributed by atoms with Gasteiger partial charge in [-0.15, -0.1) is 0 Å². The van der Waals surface area contributed by atoms with Gasteiger partial charge in [-0.05, 0) is 206 Å². The van der Waals surface area contributed by atoms with Gasteiger partial charge in [0.1, 0.15) is 0 Å². The molecule has 15 aromatic carbocycles. The van der Waals surface area contributed by atoms with E-state index in [2.05, 4.69) is 321 Å². The Bertz CT molecular complexity index is 5290. The Labute approximate surface area is 509 Å². The molecule has 0 heterocycles. The van der Waals surface area contributed by atoms with Crippen molar-refractivity contribution in [3.63, 3.8) is 0 Å². The summed E-state index contributed by atoms with van der Waals surface area (Å²) in [5.41, 5.74) is 27.0. The van der Waals surface area contributed by atoms with Gasteiger partial charge in [-0.1, -0.05) is 290 Å². The van der Waals surface area contributed by atoms with Crippen LogP contribution in [-0.4, -0.2) is 0 Å². The predicted octanol–water partition coefficient (Wildman–Crippen LogP) is 23.9. The Morgan fingerprint density at radius 3 is 0.954 bits per heavy atom. The number of rotatable bonds is 4. The van der Waals surface area contributed by atoms with Crippen LogP contribution < -0.4 is 0 Å². The quantitative estimate of drug-likeness (QED) is 0.122. The summed E-state index contributed by atoms with van der Waals surface area (Å²) in [6, 6.07) is 104. The summed E-state index contributed by atoms with van der Waals surface area (Å²) in [5, 5.41) is 15.6. The second-order valence-corrected chi connectivity index (χ2v) is 26.2. The van der Waals surface area contributed by atoms with Gasteiger partial charge in [0.15, 0.2) is 0 Å². The molecular weight excluding hydrogens is 1040 g/mol. The van der Waals surface area contributed by atoms with Gasteiger partial charge >= 0.3 is 0 Å². The lowest BCUT2D eigenvalue weighted by Crippen LogP contribution is -2.18. The summed E-state index contributed by atoms with van der Waals surface area (Å²) >= 11 is 0. The van der Waals surface area contributed by atoms with E-state index >= 15 is 0 Å². The lowest BCUT2D eigenvalue weighted by Gasteiger charge is -2.26. The average Bonchev–Trinajstić information content (AvgIpc) is 1.71. The summed E-state index contributed by atoms with van der Waals surface area (Å²) < 4.78 is 0. The van der Waals surface area contributed by atoms with E-state index in [1.807, 2.05) is 0 Å². The highest BCUT2D eigenvalue weighted by Crippen LogP contribution is 2.58. The summed E-state index contributed by atoms with van der Waals surface area (Å²) in [5.74, 6) is 0. The minimum absolute atomic E-state index is 0.00466. The van der Waals surface area contributed by atoms with E-state index in [-0.39, 0.29) is 16.2 Å². The summed E-state index contributed by atoms with van der Waals surface area (Å²) in [7, 11) is 0. The molecule has 0 saturated carbocycles. The molecular formula is C87H64. The summed E-state index contributed by atoms with van der Waals surface area (Å²) in [6.45, 7) is 14.3. The third kappa shape index (κ3) is 7.50. The Balaban J connectivity index is 0.000000136. The van der Waals surface area contributed by atoms with Crippen LogP contribution >= 0.6 is 0 Å². The Morgan fingerprint density at radius 2 is 0.494 bits per heavy atom. The third-order valence-electron chi connectivity index (χ3n) is 20.5. The van der Waals surface area contributed by atoms with Crippen LogP contribution in [0.3, 0.4) is 0 Å². The normalized spacial score (nSPS) is 14.4. The molecule has 0 aliphatic heterocycles. The number of hydrogen-bond donors (Lipinski definition) is 0. The highest BCUT2D eigenvalue weighted by atomic mass is 14.5. The molecule has 0 unspecified atom stereocenters. The van der Waals surface area contributed by atoms with Crippen LogP contribution in [0.4, 0.5) is 0 Å². The van der Waals surface area contributed by atoms with E-state index in [1.165, 1.54) is 176 Å². The number of fused-ring (bicyclic) bond motifs is 16. The van der Waals surface area contributed by atoms with E-state index < -0.39 is 0 Å². The van der Waals surface area contributed by atoms with E-state index in [0.717, 1.165) is 0 Å². The molecule has 412 valence electrons. The van der Waals surface area contributed by atoms with Crippen molar-refractivity contribution in [1.82, 2.24) is 0 Å². The van der Waals surface area contributed by atoms with Gasteiger partial charge in [0.2, 0.25) is 0 Å². The maximum Gasteiger partial charge on any atom is 0.0159 e. The maximum atomic E-state index is 2.53. The van der Waals surface area contributed by atoms with Crippen molar-refractivity contribution in [2.45, 2.75) is 57.8 Å². The molecule has 3 aliphatic rings. The van der Waals surface area contributed by atoms with E-state index in [4.69, 9.17) is 0 Å². The fraction of sp³-hybridized carbons (Fsp3) is 0.103. The topological polar surface area (TPSA) is 0 Å². The average molecular weight is 1110 g/mol. The van der Waals surface area contributed by atoms with Gasteiger partial charge < -0.3 is 0 Å². The van der Waals surface area contributed by atoms with Crippen molar-refractivity contribution in [1.29, 1.82) is 0 Å². The van der Waals surface area contributed by atoms with Gasteiger partial charge in [-0.25, -0.2) is 0 Å². The first-order chi connectivity index (χ1) is 42.4. The Hall–Kier alpha value is -10.1. The molecule has 18 rings (SSSR count). The molecule has 0 heteroatoms. The van der Waals surface area contributed by atoms with E-state index in [0.29, 0.717) is 0 Å². The number of hydrogen-bond acceptors (Lipinski definition) is 0. The second kappa shape index (κ2) is 18.9.